The van der Waals surface area contributed by atoms with Crippen LogP contribution in [0.5, 0.6) is 0 Å². The van der Waals surface area contributed by atoms with Crippen LogP contribution in [0.15, 0.2) is 0 Å². The molecule has 0 bridgehead atoms. The first-order valence-corrected chi connectivity index (χ1v) is 4.79. The Balaban J connectivity index is 2.32. The molecule has 0 radical (unpaired) electrons. The van der Waals surface area contributed by atoms with Gasteiger partial charge in [0.05, 0.1) is 17.3 Å². The Kier molecular flexibility index (Phi) is 1.66. The number of aliphatic hydroxyl groups is 1. The molecule has 2 fully saturated rings. The minimum atomic E-state index is -0.638. The lowest BCUT2D eigenvalue weighted by atomic mass is 10.0. The Morgan fingerprint density at radius 3 is 2.75 bits per heavy atom. The van der Waals surface area contributed by atoms with Crippen molar-refractivity contribution in [3.63, 3.8) is 0 Å². The summed E-state index contributed by atoms with van der Waals surface area (Å²) < 4.78 is 0. The summed E-state index contributed by atoms with van der Waals surface area (Å²) in [5.74, 6) is -0.373. The number of thioether (sulfide) groups is 1. The minimum Gasteiger partial charge on any atom is -0.391 e. The molecule has 66 valence electrons. The summed E-state index contributed by atoms with van der Waals surface area (Å²) in [4.78, 5) is 23.8. The van der Waals surface area contributed by atoms with Crippen molar-refractivity contribution in [2.45, 2.75) is 11.4 Å². The second-order valence-electron chi connectivity index (χ2n) is 3.08. The Labute approximate surface area is 73.9 Å². The van der Waals surface area contributed by atoms with Crippen LogP contribution in [0.2, 0.25) is 0 Å². The molecule has 2 aliphatic rings. The van der Waals surface area contributed by atoms with E-state index in [1.165, 1.54) is 18.8 Å². The molecule has 0 spiro atoms. The van der Waals surface area contributed by atoms with Gasteiger partial charge in [0.15, 0.2) is 0 Å². The van der Waals surface area contributed by atoms with Crippen LogP contribution in [0, 0.1) is 5.92 Å². The molecule has 2 rings (SSSR count). The second-order valence-corrected chi connectivity index (χ2v) is 4.26. The van der Waals surface area contributed by atoms with Gasteiger partial charge in [-0.1, -0.05) is 0 Å². The van der Waals surface area contributed by atoms with E-state index >= 15 is 0 Å². The summed E-state index contributed by atoms with van der Waals surface area (Å²) >= 11 is 1.37. The molecule has 3 atom stereocenters. The van der Waals surface area contributed by atoms with E-state index in [-0.39, 0.29) is 17.1 Å². The van der Waals surface area contributed by atoms with Crippen molar-refractivity contribution in [3.8, 4) is 0 Å². The zero-order valence-electron chi connectivity index (χ0n) is 6.56. The fraction of sp³-hybridized carbons (Fsp3) is 0.714. The number of nitrogens with zero attached hydrogens (tertiary/aromatic N) is 1. The highest BCUT2D eigenvalue weighted by atomic mass is 32.2. The third-order valence-corrected chi connectivity index (χ3v) is 3.76. The normalized spacial score (nSPS) is 40.8. The number of hydrogen-bond donors (Lipinski definition) is 1. The summed E-state index contributed by atoms with van der Waals surface area (Å²) in [7, 11) is 1.47. The number of carbonyl (C=O) groups is 2. The van der Waals surface area contributed by atoms with Crippen molar-refractivity contribution in [3.05, 3.63) is 0 Å². The first-order chi connectivity index (χ1) is 5.63. The molecule has 0 aromatic heterocycles. The smallest absolute Gasteiger partial charge is 0.242 e. The standard InChI is InChI=1S/C7H9NO3S/c1-8-6(10)4-3(9)2-12-5(4)7(8)11/h3-5,9H,2H2,1H3/t3-,4+,5-/m1/s1. The molecule has 0 aromatic carbocycles. The zero-order chi connectivity index (χ0) is 8.88. The average molecular weight is 187 g/mol. The third-order valence-electron chi connectivity index (χ3n) is 2.38. The molecular weight excluding hydrogens is 178 g/mol. The first kappa shape index (κ1) is 8.07. The van der Waals surface area contributed by atoms with E-state index in [4.69, 9.17) is 0 Å². The van der Waals surface area contributed by atoms with Gasteiger partial charge in [-0.3, -0.25) is 14.5 Å². The fourth-order valence-corrected chi connectivity index (χ4v) is 3.07. The summed E-state index contributed by atoms with van der Waals surface area (Å²) in [6, 6.07) is 0. The molecular formula is C7H9NO3S. The van der Waals surface area contributed by atoms with Gasteiger partial charge in [-0.05, 0) is 0 Å². The van der Waals surface area contributed by atoms with E-state index in [2.05, 4.69) is 0 Å². The molecule has 2 saturated heterocycles. The van der Waals surface area contributed by atoms with Crippen LogP contribution in [0.25, 0.3) is 0 Å². The molecule has 2 aliphatic heterocycles. The maximum absolute atomic E-state index is 11.3. The monoisotopic (exact) mass is 187 g/mol. The van der Waals surface area contributed by atoms with E-state index < -0.39 is 12.0 Å². The first-order valence-electron chi connectivity index (χ1n) is 3.74. The number of fused-ring (bicyclic) bond motifs is 1. The topological polar surface area (TPSA) is 57.6 Å². The number of likely N-dealkylation sites (tertiary alicyclic amines) is 1. The summed E-state index contributed by atoms with van der Waals surface area (Å²) in [5.41, 5.74) is 0. The lowest BCUT2D eigenvalue weighted by Gasteiger charge is -2.09. The van der Waals surface area contributed by atoms with Gasteiger partial charge in [0, 0.05) is 12.8 Å². The Bertz CT molecular complexity index is 255. The van der Waals surface area contributed by atoms with E-state index in [1.807, 2.05) is 0 Å². The van der Waals surface area contributed by atoms with Crippen molar-refractivity contribution in [1.29, 1.82) is 0 Å². The van der Waals surface area contributed by atoms with Gasteiger partial charge >= 0.3 is 0 Å². The molecule has 12 heavy (non-hydrogen) atoms. The number of carbonyl (C=O) groups excluding carboxylic acids is 2. The maximum Gasteiger partial charge on any atom is 0.242 e. The van der Waals surface area contributed by atoms with Gasteiger partial charge in [0.2, 0.25) is 11.8 Å². The van der Waals surface area contributed by atoms with Crippen molar-refractivity contribution < 1.29 is 14.7 Å². The van der Waals surface area contributed by atoms with E-state index in [1.54, 1.807) is 0 Å². The largest absolute Gasteiger partial charge is 0.391 e. The quantitative estimate of drug-likeness (QED) is 0.498. The van der Waals surface area contributed by atoms with Gasteiger partial charge in [-0.2, -0.15) is 0 Å². The highest BCUT2D eigenvalue weighted by molar-refractivity contribution is 8.01. The van der Waals surface area contributed by atoms with Crippen LogP contribution >= 0.6 is 11.8 Å². The van der Waals surface area contributed by atoms with E-state index in [9.17, 15) is 14.7 Å². The average Bonchev–Trinajstić information content (AvgIpc) is 2.51. The van der Waals surface area contributed by atoms with Crippen LogP contribution in [-0.2, 0) is 9.59 Å². The Morgan fingerprint density at radius 1 is 1.50 bits per heavy atom. The van der Waals surface area contributed by atoms with E-state index in [0.29, 0.717) is 5.75 Å². The van der Waals surface area contributed by atoms with Crippen molar-refractivity contribution in [2.75, 3.05) is 12.8 Å². The Hall–Kier alpha value is -0.550. The second kappa shape index (κ2) is 2.47. The molecule has 2 amide bonds. The van der Waals surface area contributed by atoms with Gasteiger partial charge in [0.1, 0.15) is 0 Å². The van der Waals surface area contributed by atoms with Crippen LogP contribution in [0.4, 0.5) is 0 Å². The summed E-state index contributed by atoms with van der Waals surface area (Å²) in [6.07, 6.45) is -0.638. The molecule has 5 heteroatoms. The number of rotatable bonds is 0. The fourth-order valence-electron chi connectivity index (χ4n) is 1.65. The molecule has 2 heterocycles. The van der Waals surface area contributed by atoms with Crippen LogP contribution in [0.3, 0.4) is 0 Å². The SMILES string of the molecule is CN1C(=O)[C@H]2[C@H](O)CS[C@H]2C1=O. The van der Waals surface area contributed by atoms with Crippen molar-refractivity contribution in [2.24, 2.45) is 5.92 Å². The predicted octanol–water partition coefficient (Wildman–Crippen LogP) is -0.923. The van der Waals surface area contributed by atoms with Gasteiger partial charge in [-0.15, -0.1) is 11.8 Å². The summed E-state index contributed by atoms with van der Waals surface area (Å²) in [6.45, 7) is 0. The van der Waals surface area contributed by atoms with Crippen LogP contribution in [-0.4, -0.2) is 46.0 Å². The number of aliphatic hydroxyl groups excluding tert-OH is 1. The number of imide groups is 1. The molecule has 0 saturated carbocycles. The molecule has 0 aliphatic carbocycles. The zero-order valence-corrected chi connectivity index (χ0v) is 7.37. The van der Waals surface area contributed by atoms with Gasteiger partial charge in [0.25, 0.3) is 0 Å². The highest BCUT2D eigenvalue weighted by Gasteiger charge is 2.53. The molecule has 0 aromatic rings. The molecule has 0 unspecified atom stereocenters. The molecule has 1 N–H and O–H groups in total. The lowest BCUT2D eigenvalue weighted by molar-refractivity contribution is -0.138. The van der Waals surface area contributed by atoms with Gasteiger partial charge in [-0.25, -0.2) is 0 Å². The number of hydrogen-bond acceptors (Lipinski definition) is 4. The summed E-state index contributed by atoms with van der Waals surface area (Å²) in [5, 5.41) is 9.06. The Morgan fingerprint density at radius 2 is 2.17 bits per heavy atom. The van der Waals surface area contributed by atoms with E-state index in [0.717, 1.165) is 4.90 Å². The van der Waals surface area contributed by atoms with Crippen LogP contribution in [0.1, 0.15) is 0 Å². The van der Waals surface area contributed by atoms with Crippen molar-refractivity contribution >= 4 is 23.6 Å². The van der Waals surface area contributed by atoms with Gasteiger partial charge < -0.3 is 5.11 Å². The van der Waals surface area contributed by atoms with Crippen molar-refractivity contribution in [1.82, 2.24) is 4.90 Å². The minimum absolute atomic E-state index is 0.161. The van der Waals surface area contributed by atoms with Crippen LogP contribution < -0.4 is 0 Å². The predicted molar refractivity (Wildman–Crippen MR) is 43.5 cm³/mol. The maximum atomic E-state index is 11.3. The lowest BCUT2D eigenvalue weighted by Crippen LogP contribution is -2.30. The number of amides is 2. The highest BCUT2D eigenvalue weighted by Crippen LogP contribution is 2.39. The third kappa shape index (κ3) is 0.834. The molecule has 4 nitrogen and oxygen atoms in total.